The molecule has 1 aromatic rings. The normalized spacial score (nSPS) is 19.4. The zero-order valence-electron chi connectivity index (χ0n) is 10.0. The van der Waals surface area contributed by atoms with Crippen LogP contribution in [0.2, 0.25) is 0 Å². The van der Waals surface area contributed by atoms with Crippen molar-refractivity contribution in [1.29, 1.82) is 0 Å². The van der Waals surface area contributed by atoms with Gasteiger partial charge in [-0.2, -0.15) is 0 Å². The first-order valence-corrected chi connectivity index (χ1v) is 6.63. The fraction of sp³-hybridized carbons (Fsp3) is 0.462. The molecule has 1 aliphatic rings. The average Bonchev–Trinajstić information content (AvgIpc) is 2.70. The number of rotatable bonds is 3. The van der Waals surface area contributed by atoms with Crippen LogP contribution in [0.3, 0.4) is 0 Å². The van der Waals surface area contributed by atoms with Crippen LogP contribution in [-0.4, -0.2) is 35.3 Å². The van der Waals surface area contributed by atoms with Gasteiger partial charge in [-0.25, -0.2) is 0 Å². The van der Waals surface area contributed by atoms with Crippen LogP contribution >= 0.6 is 15.9 Å². The average molecular weight is 298 g/mol. The molecule has 0 fully saturated rings. The molecular formula is C13H16BrNO2. The van der Waals surface area contributed by atoms with Crippen LogP contribution in [0.1, 0.15) is 12.5 Å². The van der Waals surface area contributed by atoms with Crippen molar-refractivity contribution in [2.45, 2.75) is 24.3 Å². The van der Waals surface area contributed by atoms with E-state index in [1.807, 2.05) is 38.2 Å². The van der Waals surface area contributed by atoms with Gasteiger partial charge in [0.1, 0.15) is 5.75 Å². The molecule has 1 amide bonds. The lowest BCUT2D eigenvalue weighted by atomic mass is 10.1. The summed E-state index contributed by atoms with van der Waals surface area (Å²) in [7, 11) is 1.81. The van der Waals surface area contributed by atoms with Gasteiger partial charge >= 0.3 is 0 Å². The van der Waals surface area contributed by atoms with Gasteiger partial charge in [0.2, 0.25) is 0 Å². The molecule has 4 heteroatoms. The predicted molar refractivity (Wildman–Crippen MR) is 70.6 cm³/mol. The number of fused-ring (bicyclic) bond motifs is 1. The molecule has 0 spiro atoms. The number of amides is 1. The van der Waals surface area contributed by atoms with Crippen molar-refractivity contribution in [3.63, 3.8) is 0 Å². The smallest absolute Gasteiger partial charge is 0.263 e. The third-order valence-electron chi connectivity index (χ3n) is 2.82. The van der Waals surface area contributed by atoms with Crippen LogP contribution in [0, 0.1) is 0 Å². The van der Waals surface area contributed by atoms with E-state index in [2.05, 4.69) is 15.9 Å². The van der Waals surface area contributed by atoms with E-state index >= 15 is 0 Å². The Labute approximate surface area is 110 Å². The van der Waals surface area contributed by atoms with Crippen molar-refractivity contribution in [2.75, 3.05) is 13.6 Å². The molecule has 0 saturated heterocycles. The SMILES string of the molecule is CC(Br)CN(C)C(=O)C1Cc2ccccc2O1. The minimum Gasteiger partial charge on any atom is -0.480 e. The first-order valence-electron chi connectivity index (χ1n) is 5.71. The van der Waals surface area contributed by atoms with Crippen LogP contribution in [0.4, 0.5) is 0 Å². The topological polar surface area (TPSA) is 29.5 Å². The summed E-state index contributed by atoms with van der Waals surface area (Å²) < 4.78 is 5.66. The number of para-hydroxylation sites is 1. The second-order valence-electron chi connectivity index (χ2n) is 4.42. The summed E-state index contributed by atoms with van der Waals surface area (Å²) in [6.07, 6.45) is 0.319. The molecule has 17 heavy (non-hydrogen) atoms. The zero-order chi connectivity index (χ0) is 12.4. The van der Waals surface area contributed by atoms with Gasteiger partial charge < -0.3 is 9.64 Å². The fourth-order valence-electron chi connectivity index (χ4n) is 2.03. The molecule has 0 aromatic heterocycles. The minimum atomic E-state index is -0.358. The third-order valence-corrected chi connectivity index (χ3v) is 3.11. The summed E-state index contributed by atoms with van der Waals surface area (Å²) in [4.78, 5) is 14.1. The molecule has 0 aliphatic carbocycles. The van der Waals surface area contributed by atoms with E-state index in [0.29, 0.717) is 17.8 Å². The molecule has 0 radical (unpaired) electrons. The van der Waals surface area contributed by atoms with Crippen molar-refractivity contribution in [3.8, 4) is 5.75 Å². The summed E-state index contributed by atoms with van der Waals surface area (Å²) in [5, 5.41) is 0. The number of alkyl halides is 1. The van der Waals surface area contributed by atoms with Gasteiger partial charge in [-0.15, -0.1) is 0 Å². The lowest BCUT2D eigenvalue weighted by Gasteiger charge is -2.21. The first kappa shape index (κ1) is 12.4. The molecule has 2 atom stereocenters. The van der Waals surface area contributed by atoms with E-state index in [9.17, 15) is 4.79 Å². The monoisotopic (exact) mass is 297 g/mol. The summed E-state index contributed by atoms with van der Waals surface area (Å²) in [5.74, 6) is 0.888. The third kappa shape index (κ3) is 2.80. The van der Waals surface area contributed by atoms with Crippen LogP contribution < -0.4 is 4.74 Å². The van der Waals surface area contributed by atoms with Gasteiger partial charge in [0.05, 0.1) is 0 Å². The lowest BCUT2D eigenvalue weighted by Crippen LogP contribution is -2.41. The summed E-state index contributed by atoms with van der Waals surface area (Å²) in [6, 6.07) is 7.82. The molecular weight excluding hydrogens is 282 g/mol. The highest BCUT2D eigenvalue weighted by Crippen LogP contribution is 2.28. The maximum atomic E-state index is 12.1. The van der Waals surface area contributed by atoms with Crippen molar-refractivity contribution in [3.05, 3.63) is 29.8 Å². The number of carbonyl (C=O) groups is 1. The Morgan fingerprint density at radius 1 is 1.59 bits per heavy atom. The second kappa shape index (κ2) is 5.08. The van der Waals surface area contributed by atoms with Gasteiger partial charge in [0, 0.05) is 24.8 Å². The Hall–Kier alpha value is -1.03. The summed E-state index contributed by atoms with van der Waals surface area (Å²) in [6.45, 7) is 2.71. The number of likely N-dealkylation sites (N-methyl/N-ethyl adjacent to an activating group) is 1. The quantitative estimate of drug-likeness (QED) is 0.801. The Balaban J connectivity index is 2.01. The highest BCUT2D eigenvalue weighted by Gasteiger charge is 2.30. The number of hydrogen-bond donors (Lipinski definition) is 0. The van der Waals surface area contributed by atoms with Gasteiger partial charge in [-0.3, -0.25) is 4.79 Å². The number of nitrogens with zero attached hydrogens (tertiary/aromatic N) is 1. The van der Waals surface area contributed by atoms with Gasteiger partial charge in [-0.05, 0) is 11.6 Å². The van der Waals surface area contributed by atoms with Crippen LogP contribution in [0.15, 0.2) is 24.3 Å². The molecule has 0 saturated carbocycles. The van der Waals surface area contributed by atoms with Crippen molar-refractivity contribution < 1.29 is 9.53 Å². The largest absolute Gasteiger partial charge is 0.480 e. The Bertz CT molecular complexity index is 395. The maximum Gasteiger partial charge on any atom is 0.263 e. The molecule has 92 valence electrons. The molecule has 1 aromatic carbocycles. The van der Waals surface area contributed by atoms with Crippen LogP contribution in [0.5, 0.6) is 5.75 Å². The standard InChI is InChI=1S/C13H16BrNO2/c1-9(14)8-15(2)13(16)12-7-10-5-3-4-6-11(10)17-12/h3-6,9,12H,7-8H2,1-2H3. The highest BCUT2D eigenvalue weighted by atomic mass is 79.9. The number of halogens is 1. The Kier molecular flexibility index (Phi) is 3.72. The van der Waals surface area contributed by atoms with E-state index in [1.54, 1.807) is 4.90 Å². The van der Waals surface area contributed by atoms with E-state index in [1.165, 1.54) is 0 Å². The number of hydrogen-bond acceptors (Lipinski definition) is 2. The molecule has 0 bridgehead atoms. The van der Waals surface area contributed by atoms with Gasteiger partial charge in [0.15, 0.2) is 6.10 Å². The van der Waals surface area contributed by atoms with Gasteiger partial charge in [0.25, 0.3) is 5.91 Å². The molecule has 0 N–H and O–H groups in total. The van der Waals surface area contributed by atoms with E-state index in [4.69, 9.17) is 4.74 Å². The number of benzene rings is 1. The number of carbonyl (C=O) groups excluding carboxylic acids is 1. The highest BCUT2D eigenvalue weighted by molar-refractivity contribution is 9.09. The summed E-state index contributed by atoms with van der Waals surface area (Å²) in [5.41, 5.74) is 1.12. The second-order valence-corrected chi connectivity index (χ2v) is 5.98. The number of ether oxygens (including phenoxy) is 1. The predicted octanol–water partition coefficient (Wildman–Crippen LogP) is 2.23. The Morgan fingerprint density at radius 3 is 2.94 bits per heavy atom. The fourth-order valence-corrected chi connectivity index (χ4v) is 2.47. The summed E-state index contributed by atoms with van der Waals surface area (Å²) >= 11 is 3.45. The van der Waals surface area contributed by atoms with Gasteiger partial charge in [-0.1, -0.05) is 41.1 Å². The Morgan fingerprint density at radius 2 is 2.29 bits per heavy atom. The molecule has 2 rings (SSSR count). The molecule has 1 heterocycles. The van der Waals surface area contributed by atoms with Crippen LogP contribution in [0.25, 0.3) is 0 Å². The van der Waals surface area contributed by atoms with Crippen molar-refractivity contribution >= 4 is 21.8 Å². The van der Waals surface area contributed by atoms with E-state index in [0.717, 1.165) is 11.3 Å². The van der Waals surface area contributed by atoms with E-state index in [-0.39, 0.29) is 12.0 Å². The first-order chi connectivity index (χ1) is 8.08. The van der Waals surface area contributed by atoms with Crippen molar-refractivity contribution in [1.82, 2.24) is 4.90 Å². The van der Waals surface area contributed by atoms with Crippen molar-refractivity contribution in [2.24, 2.45) is 0 Å². The molecule has 3 nitrogen and oxygen atoms in total. The van der Waals surface area contributed by atoms with Crippen LogP contribution in [-0.2, 0) is 11.2 Å². The van der Waals surface area contributed by atoms with E-state index < -0.39 is 0 Å². The maximum absolute atomic E-state index is 12.1. The molecule has 2 unspecified atom stereocenters. The lowest BCUT2D eigenvalue weighted by molar-refractivity contribution is -0.136. The zero-order valence-corrected chi connectivity index (χ0v) is 11.6. The minimum absolute atomic E-state index is 0.0486. The molecule has 1 aliphatic heterocycles.